The molecule has 2 aromatic carbocycles. The van der Waals surface area contributed by atoms with E-state index in [9.17, 15) is 4.39 Å². The number of halogens is 2. The monoisotopic (exact) mass is 413 g/mol. The van der Waals surface area contributed by atoms with Crippen molar-refractivity contribution in [1.29, 1.82) is 0 Å². The summed E-state index contributed by atoms with van der Waals surface area (Å²) in [7, 11) is 0. The summed E-state index contributed by atoms with van der Waals surface area (Å²) in [5.41, 5.74) is 8.39. The molecule has 0 spiro atoms. The Morgan fingerprint density at radius 2 is 2.07 bits per heavy atom. The molecule has 0 radical (unpaired) electrons. The molecule has 1 saturated carbocycles. The van der Waals surface area contributed by atoms with Crippen molar-refractivity contribution in [1.82, 2.24) is 9.97 Å². The second-order valence-corrected chi connectivity index (χ2v) is 7.91. The summed E-state index contributed by atoms with van der Waals surface area (Å²) in [6, 6.07) is 11.0. The van der Waals surface area contributed by atoms with Crippen LogP contribution >= 0.6 is 11.6 Å². The molecule has 1 aliphatic rings. The first-order valence-electron chi connectivity index (χ1n) is 10.1. The van der Waals surface area contributed by atoms with E-state index in [2.05, 4.69) is 17.6 Å². The van der Waals surface area contributed by atoms with Crippen molar-refractivity contribution < 1.29 is 4.39 Å². The van der Waals surface area contributed by atoms with Gasteiger partial charge in [-0.05, 0) is 68.0 Å². The zero-order valence-corrected chi connectivity index (χ0v) is 17.1. The fraction of sp³-hybridized carbons (Fsp3) is 0.364. The number of fused-ring (bicyclic) bond motifs is 1. The van der Waals surface area contributed by atoms with Crippen LogP contribution in [0.15, 0.2) is 36.4 Å². The molecule has 0 aliphatic heterocycles. The summed E-state index contributed by atoms with van der Waals surface area (Å²) in [5, 5.41) is 7.84. The van der Waals surface area contributed by atoms with Gasteiger partial charge in [0.05, 0.1) is 10.5 Å². The van der Waals surface area contributed by atoms with E-state index in [1.54, 1.807) is 6.07 Å². The molecular formula is C22H25ClFN5. The van der Waals surface area contributed by atoms with Gasteiger partial charge in [0.2, 0.25) is 5.95 Å². The van der Waals surface area contributed by atoms with Crippen molar-refractivity contribution >= 4 is 40.0 Å². The van der Waals surface area contributed by atoms with Gasteiger partial charge in [-0.25, -0.2) is 9.37 Å². The minimum atomic E-state index is -0.459. The van der Waals surface area contributed by atoms with Crippen LogP contribution < -0.4 is 16.4 Å². The number of para-hydroxylation sites is 1. The van der Waals surface area contributed by atoms with Crippen LogP contribution in [0.4, 0.5) is 21.8 Å². The molecule has 1 atom stereocenters. The van der Waals surface area contributed by atoms with Crippen molar-refractivity contribution in [2.75, 3.05) is 17.2 Å². The van der Waals surface area contributed by atoms with Crippen molar-refractivity contribution in [3.63, 3.8) is 0 Å². The summed E-state index contributed by atoms with van der Waals surface area (Å²) in [5.74, 6) is 1.49. The molecule has 7 heteroatoms. The molecule has 4 N–H and O–H groups in total. The van der Waals surface area contributed by atoms with Crippen LogP contribution in [0.5, 0.6) is 0 Å². The third-order valence-electron chi connectivity index (χ3n) is 5.35. The van der Waals surface area contributed by atoms with Gasteiger partial charge in [-0.2, -0.15) is 4.98 Å². The summed E-state index contributed by atoms with van der Waals surface area (Å²) >= 11 is 5.92. The fourth-order valence-corrected chi connectivity index (χ4v) is 3.85. The second kappa shape index (κ2) is 8.51. The highest BCUT2D eigenvalue weighted by molar-refractivity contribution is 6.31. The molecule has 1 fully saturated rings. The van der Waals surface area contributed by atoms with Crippen LogP contribution in [-0.4, -0.2) is 22.6 Å². The molecule has 152 valence electrons. The first kappa shape index (κ1) is 19.9. The van der Waals surface area contributed by atoms with Gasteiger partial charge in [0.1, 0.15) is 11.6 Å². The Kier molecular flexibility index (Phi) is 5.83. The standard InChI is InChI=1S/C22H25ClFN5/c1-2-19(13-6-7-13)27-21-16-5-3-4-14(10-11-25)20(16)28-22(29-21)26-15-8-9-18(24)17(23)12-15/h3-5,8-9,12-13,19H,2,6-7,10-11,25H2,1H3,(H2,26,27,28,29)/t19-/m1/s1. The second-order valence-electron chi connectivity index (χ2n) is 7.50. The van der Waals surface area contributed by atoms with E-state index in [-0.39, 0.29) is 5.02 Å². The third kappa shape index (κ3) is 4.43. The van der Waals surface area contributed by atoms with Gasteiger partial charge in [-0.3, -0.25) is 0 Å². The number of aromatic nitrogens is 2. The Labute approximate surface area is 174 Å². The van der Waals surface area contributed by atoms with E-state index >= 15 is 0 Å². The van der Waals surface area contributed by atoms with E-state index in [1.165, 1.54) is 25.0 Å². The van der Waals surface area contributed by atoms with E-state index < -0.39 is 5.82 Å². The Morgan fingerprint density at radius 3 is 2.76 bits per heavy atom. The molecule has 0 bridgehead atoms. The van der Waals surface area contributed by atoms with Gasteiger partial charge < -0.3 is 16.4 Å². The first-order valence-corrected chi connectivity index (χ1v) is 10.4. The number of nitrogens with zero attached hydrogens (tertiary/aromatic N) is 2. The molecule has 0 amide bonds. The van der Waals surface area contributed by atoms with Gasteiger partial charge in [-0.1, -0.05) is 30.7 Å². The minimum Gasteiger partial charge on any atom is -0.366 e. The summed E-state index contributed by atoms with van der Waals surface area (Å²) in [6.45, 7) is 2.74. The predicted octanol–water partition coefficient (Wildman–Crippen LogP) is 5.27. The summed E-state index contributed by atoms with van der Waals surface area (Å²) in [4.78, 5) is 9.49. The Bertz CT molecular complexity index is 1020. The maximum absolute atomic E-state index is 13.5. The quantitative estimate of drug-likeness (QED) is 0.469. The van der Waals surface area contributed by atoms with Gasteiger partial charge in [0.25, 0.3) is 0 Å². The fourth-order valence-electron chi connectivity index (χ4n) is 3.67. The number of benzene rings is 2. The normalized spacial score (nSPS) is 14.8. The zero-order chi connectivity index (χ0) is 20.4. The van der Waals surface area contributed by atoms with Gasteiger partial charge in [-0.15, -0.1) is 0 Å². The van der Waals surface area contributed by atoms with Crippen LogP contribution in [0, 0.1) is 11.7 Å². The molecule has 1 aromatic heterocycles. The van der Waals surface area contributed by atoms with Crippen molar-refractivity contribution in [3.8, 4) is 0 Å². The molecule has 5 nitrogen and oxygen atoms in total. The van der Waals surface area contributed by atoms with E-state index in [0.29, 0.717) is 30.1 Å². The number of nitrogens with two attached hydrogens (primary N) is 1. The predicted molar refractivity (Wildman–Crippen MR) is 117 cm³/mol. The molecule has 1 aliphatic carbocycles. The lowest BCUT2D eigenvalue weighted by Crippen LogP contribution is -2.22. The molecule has 4 rings (SSSR count). The lowest BCUT2D eigenvalue weighted by atomic mass is 10.1. The largest absolute Gasteiger partial charge is 0.366 e. The summed E-state index contributed by atoms with van der Waals surface area (Å²) < 4.78 is 13.5. The van der Waals surface area contributed by atoms with Gasteiger partial charge >= 0.3 is 0 Å². The highest BCUT2D eigenvalue weighted by Crippen LogP contribution is 2.37. The molecule has 0 unspecified atom stereocenters. The van der Waals surface area contributed by atoms with Crippen LogP contribution in [0.3, 0.4) is 0 Å². The van der Waals surface area contributed by atoms with Crippen LogP contribution in [0.2, 0.25) is 5.02 Å². The van der Waals surface area contributed by atoms with E-state index in [1.807, 2.05) is 18.2 Å². The lowest BCUT2D eigenvalue weighted by Gasteiger charge is -2.20. The van der Waals surface area contributed by atoms with Crippen molar-refractivity contribution in [2.45, 2.75) is 38.6 Å². The average Bonchev–Trinajstić information content (AvgIpc) is 3.55. The molecular weight excluding hydrogens is 389 g/mol. The van der Waals surface area contributed by atoms with Crippen molar-refractivity contribution in [2.24, 2.45) is 11.7 Å². The Balaban J connectivity index is 1.76. The number of nitrogens with one attached hydrogen (secondary N) is 2. The number of anilines is 3. The molecule has 0 saturated heterocycles. The number of hydrogen-bond acceptors (Lipinski definition) is 5. The van der Waals surface area contributed by atoms with Gasteiger partial charge in [0, 0.05) is 17.1 Å². The number of rotatable bonds is 8. The van der Waals surface area contributed by atoms with Crippen LogP contribution in [0.1, 0.15) is 31.7 Å². The maximum atomic E-state index is 13.5. The smallest absolute Gasteiger partial charge is 0.229 e. The Hall–Kier alpha value is -2.44. The molecule has 29 heavy (non-hydrogen) atoms. The van der Waals surface area contributed by atoms with Crippen LogP contribution in [0.25, 0.3) is 10.9 Å². The Morgan fingerprint density at radius 1 is 1.24 bits per heavy atom. The maximum Gasteiger partial charge on any atom is 0.229 e. The van der Waals surface area contributed by atoms with Crippen LogP contribution in [-0.2, 0) is 6.42 Å². The summed E-state index contributed by atoms with van der Waals surface area (Å²) in [6.07, 6.45) is 4.28. The van der Waals surface area contributed by atoms with E-state index in [0.717, 1.165) is 35.1 Å². The molecule has 1 heterocycles. The highest BCUT2D eigenvalue weighted by Gasteiger charge is 2.30. The minimum absolute atomic E-state index is 0.0535. The lowest BCUT2D eigenvalue weighted by molar-refractivity contribution is 0.615. The van der Waals surface area contributed by atoms with E-state index in [4.69, 9.17) is 27.3 Å². The third-order valence-corrected chi connectivity index (χ3v) is 5.64. The first-order chi connectivity index (χ1) is 14.1. The highest BCUT2D eigenvalue weighted by atomic mass is 35.5. The topological polar surface area (TPSA) is 75.9 Å². The van der Waals surface area contributed by atoms with Crippen molar-refractivity contribution in [3.05, 3.63) is 52.8 Å². The average molecular weight is 414 g/mol. The van der Waals surface area contributed by atoms with Gasteiger partial charge in [0.15, 0.2) is 0 Å². The zero-order valence-electron chi connectivity index (χ0n) is 16.4. The molecule has 3 aromatic rings. The number of hydrogen-bond donors (Lipinski definition) is 3. The SMILES string of the molecule is CC[C@@H](Nc1nc(Nc2ccc(F)c(Cl)c2)nc2c(CCN)cccc12)C1CC1.